The van der Waals surface area contributed by atoms with E-state index in [0.29, 0.717) is 25.2 Å². The minimum absolute atomic E-state index is 0.0578. The third-order valence-corrected chi connectivity index (χ3v) is 5.78. The SMILES string of the molecule is C[C@H](O)C#Cc1cnc2c(c1)C(=O)N([C@@H](C)CO)C[C@@H](C)[C@H](CN(C)Cc1cccc(F)c1)O2. The molecule has 4 atom stereocenters. The first-order valence-corrected chi connectivity index (χ1v) is 11.4. The Morgan fingerprint density at radius 2 is 2.12 bits per heavy atom. The van der Waals surface area contributed by atoms with E-state index in [-0.39, 0.29) is 41.8 Å². The van der Waals surface area contributed by atoms with E-state index in [1.54, 1.807) is 30.9 Å². The molecule has 0 fully saturated rings. The summed E-state index contributed by atoms with van der Waals surface area (Å²) in [6, 6.07) is 7.71. The van der Waals surface area contributed by atoms with E-state index in [1.807, 2.05) is 24.9 Å². The van der Waals surface area contributed by atoms with E-state index >= 15 is 0 Å². The molecule has 1 aromatic heterocycles. The Balaban J connectivity index is 1.90. The Kier molecular flexibility index (Phi) is 8.61. The highest BCUT2D eigenvalue weighted by atomic mass is 19.1. The van der Waals surface area contributed by atoms with Crippen molar-refractivity contribution in [1.29, 1.82) is 0 Å². The monoisotopic (exact) mass is 469 g/mol. The molecule has 2 aromatic rings. The number of halogens is 1. The van der Waals surface area contributed by atoms with Gasteiger partial charge in [-0.05, 0) is 44.7 Å². The summed E-state index contributed by atoms with van der Waals surface area (Å²) >= 11 is 0. The first kappa shape index (κ1) is 25.6. The molecule has 182 valence electrons. The van der Waals surface area contributed by atoms with Gasteiger partial charge in [-0.15, -0.1) is 0 Å². The molecule has 1 aliphatic heterocycles. The number of aliphatic hydroxyl groups excluding tert-OH is 2. The molecule has 2 N–H and O–H groups in total. The molecule has 1 amide bonds. The van der Waals surface area contributed by atoms with Gasteiger partial charge < -0.3 is 19.8 Å². The molecular formula is C26H32FN3O4. The summed E-state index contributed by atoms with van der Waals surface area (Å²) < 4.78 is 19.8. The number of nitrogens with zero attached hydrogens (tertiary/aromatic N) is 3. The molecular weight excluding hydrogens is 437 g/mol. The largest absolute Gasteiger partial charge is 0.472 e. The first-order chi connectivity index (χ1) is 16.2. The van der Waals surface area contributed by atoms with Crippen molar-refractivity contribution in [2.75, 3.05) is 26.7 Å². The molecule has 0 saturated carbocycles. The van der Waals surface area contributed by atoms with Crippen LogP contribution in [-0.4, -0.2) is 75.9 Å². The lowest BCUT2D eigenvalue weighted by Gasteiger charge is -2.37. The van der Waals surface area contributed by atoms with Crippen LogP contribution in [0.15, 0.2) is 36.5 Å². The van der Waals surface area contributed by atoms with Gasteiger partial charge >= 0.3 is 0 Å². The molecule has 3 rings (SSSR count). The second-order valence-electron chi connectivity index (χ2n) is 8.97. The molecule has 1 aromatic carbocycles. The predicted octanol–water partition coefficient (Wildman–Crippen LogP) is 2.31. The molecule has 0 unspecified atom stereocenters. The number of benzene rings is 1. The van der Waals surface area contributed by atoms with Crippen LogP contribution >= 0.6 is 0 Å². The summed E-state index contributed by atoms with van der Waals surface area (Å²) in [5.41, 5.74) is 1.61. The average Bonchev–Trinajstić information content (AvgIpc) is 2.79. The van der Waals surface area contributed by atoms with Gasteiger partial charge in [0, 0.05) is 37.3 Å². The number of ether oxygens (including phenoxy) is 1. The molecule has 0 saturated heterocycles. The van der Waals surface area contributed by atoms with Crippen molar-refractivity contribution in [3.63, 3.8) is 0 Å². The molecule has 2 heterocycles. The molecule has 0 aliphatic carbocycles. The molecule has 0 bridgehead atoms. The Morgan fingerprint density at radius 3 is 2.79 bits per heavy atom. The van der Waals surface area contributed by atoms with Gasteiger partial charge in [0.1, 0.15) is 23.6 Å². The van der Waals surface area contributed by atoms with Gasteiger partial charge in [-0.3, -0.25) is 9.69 Å². The topological polar surface area (TPSA) is 86.1 Å². The smallest absolute Gasteiger partial charge is 0.259 e. The van der Waals surface area contributed by atoms with E-state index < -0.39 is 12.1 Å². The highest BCUT2D eigenvalue weighted by Gasteiger charge is 2.34. The van der Waals surface area contributed by atoms with E-state index in [0.717, 1.165) is 5.56 Å². The fourth-order valence-corrected chi connectivity index (χ4v) is 3.90. The van der Waals surface area contributed by atoms with E-state index in [2.05, 4.69) is 16.8 Å². The number of aromatic nitrogens is 1. The average molecular weight is 470 g/mol. The number of carbonyl (C=O) groups is 1. The Morgan fingerprint density at radius 1 is 1.35 bits per heavy atom. The van der Waals surface area contributed by atoms with Crippen LogP contribution in [0.1, 0.15) is 42.3 Å². The zero-order valence-corrected chi connectivity index (χ0v) is 20.0. The molecule has 8 heteroatoms. The highest BCUT2D eigenvalue weighted by Crippen LogP contribution is 2.27. The Labute approximate surface area is 200 Å². The highest BCUT2D eigenvalue weighted by molar-refractivity contribution is 5.97. The number of likely N-dealkylation sites (N-methyl/N-ethyl adjacent to an activating group) is 1. The van der Waals surface area contributed by atoms with Gasteiger partial charge in [0.05, 0.1) is 12.6 Å². The van der Waals surface area contributed by atoms with Crippen LogP contribution in [0.4, 0.5) is 4.39 Å². The first-order valence-electron chi connectivity index (χ1n) is 11.4. The minimum atomic E-state index is -0.807. The van der Waals surface area contributed by atoms with Crippen LogP contribution in [0.5, 0.6) is 5.88 Å². The van der Waals surface area contributed by atoms with Gasteiger partial charge in [0.25, 0.3) is 5.91 Å². The van der Waals surface area contributed by atoms with Crippen LogP contribution in [0.3, 0.4) is 0 Å². The number of aliphatic hydroxyl groups is 2. The lowest BCUT2D eigenvalue weighted by Crippen LogP contribution is -2.49. The number of hydrogen-bond acceptors (Lipinski definition) is 6. The summed E-state index contributed by atoms with van der Waals surface area (Å²) in [4.78, 5) is 21.4. The summed E-state index contributed by atoms with van der Waals surface area (Å²) in [5, 5.41) is 19.2. The lowest BCUT2D eigenvalue weighted by atomic mass is 9.99. The summed E-state index contributed by atoms with van der Waals surface area (Å²) in [6.07, 6.45) is 0.403. The van der Waals surface area contributed by atoms with Crippen LogP contribution in [0, 0.1) is 23.6 Å². The van der Waals surface area contributed by atoms with Crippen LogP contribution < -0.4 is 4.74 Å². The third kappa shape index (κ3) is 6.54. The van der Waals surface area contributed by atoms with Crippen molar-refractivity contribution < 1.29 is 24.1 Å². The van der Waals surface area contributed by atoms with Crippen LogP contribution in [0.25, 0.3) is 0 Å². The maximum Gasteiger partial charge on any atom is 0.259 e. The second kappa shape index (κ2) is 11.4. The number of hydrogen-bond donors (Lipinski definition) is 2. The van der Waals surface area contributed by atoms with Gasteiger partial charge in [-0.2, -0.15) is 0 Å². The normalized spacial score (nSPS) is 19.9. The van der Waals surface area contributed by atoms with Gasteiger partial charge in [0.2, 0.25) is 5.88 Å². The summed E-state index contributed by atoms with van der Waals surface area (Å²) in [6.45, 7) is 6.63. The van der Waals surface area contributed by atoms with Crippen molar-refractivity contribution in [3.8, 4) is 17.7 Å². The standard InChI is InChI=1S/C26H32FN3O4/c1-17-13-30(18(2)16-31)26(33)23-11-20(9-8-19(3)32)12-28-25(23)34-24(17)15-29(4)14-21-6-5-7-22(27)10-21/h5-7,10-12,17-19,24,31-32H,13-16H2,1-4H3/t17-,18+,19+,24+/m1/s1. The van der Waals surface area contributed by atoms with Crippen molar-refractivity contribution in [2.24, 2.45) is 5.92 Å². The Hall–Kier alpha value is -2.99. The fourth-order valence-electron chi connectivity index (χ4n) is 3.90. The Bertz CT molecular complexity index is 1070. The number of pyridine rings is 1. The van der Waals surface area contributed by atoms with Gasteiger partial charge in [-0.25, -0.2) is 9.37 Å². The van der Waals surface area contributed by atoms with Gasteiger partial charge in [0.15, 0.2) is 0 Å². The van der Waals surface area contributed by atoms with Crippen LogP contribution in [0.2, 0.25) is 0 Å². The number of amides is 1. The van der Waals surface area contributed by atoms with Crippen LogP contribution in [-0.2, 0) is 6.54 Å². The van der Waals surface area contributed by atoms with Gasteiger partial charge in [-0.1, -0.05) is 30.9 Å². The van der Waals surface area contributed by atoms with Crippen molar-refractivity contribution in [1.82, 2.24) is 14.8 Å². The lowest BCUT2D eigenvalue weighted by molar-refractivity contribution is 0.0325. The maximum absolute atomic E-state index is 13.6. The quantitative estimate of drug-likeness (QED) is 0.632. The van der Waals surface area contributed by atoms with E-state index in [4.69, 9.17) is 4.74 Å². The number of fused-ring (bicyclic) bond motifs is 1. The fraction of sp³-hybridized carbons (Fsp3) is 0.462. The molecule has 7 nitrogen and oxygen atoms in total. The molecule has 0 radical (unpaired) electrons. The van der Waals surface area contributed by atoms with E-state index in [1.165, 1.54) is 18.3 Å². The van der Waals surface area contributed by atoms with Crippen molar-refractivity contribution >= 4 is 5.91 Å². The number of rotatable bonds is 6. The summed E-state index contributed by atoms with van der Waals surface area (Å²) in [7, 11) is 1.93. The predicted molar refractivity (Wildman–Crippen MR) is 127 cm³/mol. The summed E-state index contributed by atoms with van der Waals surface area (Å²) in [5.74, 6) is 5.05. The van der Waals surface area contributed by atoms with Crippen molar-refractivity contribution in [2.45, 2.75) is 45.6 Å². The van der Waals surface area contributed by atoms with Crippen molar-refractivity contribution in [3.05, 3.63) is 59.0 Å². The maximum atomic E-state index is 13.6. The zero-order valence-electron chi connectivity index (χ0n) is 20.0. The second-order valence-corrected chi connectivity index (χ2v) is 8.97. The zero-order chi connectivity index (χ0) is 24.8. The molecule has 34 heavy (non-hydrogen) atoms. The molecule has 0 spiro atoms. The minimum Gasteiger partial charge on any atom is -0.472 e. The molecule has 1 aliphatic rings. The van der Waals surface area contributed by atoms with E-state index in [9.17, 15) is 19.4 Å². The number of carbonyl (C=O) groups excluding carboxylic acids is 1. The third-order valence-electron chi connectivity index (χ3n) is 5.78.